The van der Waals surface area contributed by atoms with Crippen LogP contribution in [0.3, 0.4) is 0 Å². The second-order valence-corrected chi connectivity index (χ2v) is 8.82. The maximum Gasteiger partial charge on any atom is 0.240 e. The first-order valence-corrected chi connectivity index (χ1v) is 9.47. The predicted octanol–water partition coefficient (Wildman–Crippen LogP) is -0.0794. The summed E-state index contributed by atoms with van der Waals surface area (Å²) < 4.78 is 0. The average Bonchev–Trinajstić information content (AvgIpc) is 3.17. The number of amides is 2. The summed E-state index contributed by atoms with van der Waals surface area (Å²) in [5.41, 5.74) is 10.4. The molecule has 2 saturated heterocycles. The van der Waals surface area contributed by atoms with Crippen LogP contribution < -0.4 is 22.1 Å². The third-order valence-corrected chi connectivity index (χ3v) is 4.70. The van der Waals surface area contributed by atoms with Crippen molar-refractivity contribution in [2.45, 2.75) is 83.6 Å². The van der Waals surface area contributed by atoms with Gasteiger partial charge in [0.05, 0.1) is 18.1 Å². The molecule has 0 spiro atoms. The van der Waals surface area contributed by atoms with Crippen LogP contribution in [0.25, 0.3) is 0 Å². The van der Waals surface area contributed by atoms with E-state index in [9.17, 15) is 9.59 Å². The minimum atomic E-state index is -0.372. The van der Waals surface area contributed by atoms with E-state index in [-0.39, 0.29) is 47.5 Å². The Morgan fingerprint density at radius 1 is 1.35 bits per heavy atom. The second kappa shape index (κ2) is 7.82. The molecule has 0 aliphatic carbocycles. The third-order valence-electron chi connectivity index (χ3n) is 4.70. The van der Waals surface area contributed by atoms with Gasteiger partial charge in [0.1, 0.15) is 6.04 Å². The summed E-state index contributed by atoms with van der Waals surface area (Å²) >= 11 is 0. The van der Waals surface area contributed by atoms with Gasteiger partial charge in [-0.05, 0) is 46.0 Å². The van der Waals surface area contributed by atoms with E-state index < -0.39 is 0 Å². The Kier molecular flexibility index (Phi) is 6.16. The van der Waals surface area contributed by atoms with E-state index in [1.165, 1.54) is 0 Å². The summed E-state index contributed by atoms with van der Waals surface area (Å²) in [7, 11) is 0. The molecular weight excluding hydrogens is 332 g/mol. The number of nitrogens with zero attached hydrogens (tertiary/aromatic N) is 2. The van der Waals surface area contributed by atoms with E-state index in [4.69, 9.17) is 11.5 Å². The summed E-state index contributed by atoms with van der Waals surface area (Å²) in [6, 6.07) is -0.633. The molecule has 0 aromatic heterocycles. The van der Waals surface area contributed by atoms with Crippen molar-refractivity contribution < 1.29 is 9.59 Å². The molecule has 2 rings (SSSR count). The van der Waals surface area contributed by atoms with E-state index in [0.29, 0.717) is 25.3 Å². The first-order chi connectivity index (χ1) is 12.0. The molecule has 6 N–H and O–H groups in total. The lowest BCUT2D eigenvalue weighted by molar-refractivity contribution is -0.133. The van der Waals surface area contributed by atoms with Gasteiger partial charge in [-0.15, -0.1) is 0 Å². The predicted molar refractivity (Wildman–Crippen MR) is 102 cm³/mol. The normalized spacial score (nSPS) is 27.9. The van der Waals surface area contributed by atoms with Gasteiger partial charge in [-0.1, -0.05) is 13.8 Å². The fourth-order valence-electron chi connectivity index (χ4n) is 3.68. The van der Waals surface area contributed by atoms with Crippen LogP contribution in [0, 0.1) is 5.92 Å². The van der Waals surface area contributed by atoms with E-state index in [0.717, 1.165) is 6.42 Å². The molecule has 0 aromatic rings. The summed E-state index contributed by atoms with van der Waals surface area (Å²) in [5.74, 6) is 0.578. The Morgan fingerprint density at radius 3 is 2.54 bits per heavy atom. The van der Waals surface area contributed by atoms with Crippen LogP contribution in [0.4, 0.5) is 0 Å². The first kappa shape index (κ1) is 20.5. The highest BCUT2D eigenvalue weighted by Gasteiger charge is 2.61. The number of rotatable bonds is 7. The highest BCUT2D eigenvalue weighted by Crippen LogP contribution is 2.40. The molecule has 0 aromatic carbocycles. The van der Waals surface area contributed by atoms with Crippen molar-refractivity contribution in [3.8, 4) is 0 Å². The monoisotopic (exact) mass is 366 g/mol. The molecule has 4 atom stereocenters. The minimum Gasteiger partial charge on any atom is -0.370 e. The molecule has 8 heteroatoms. The topological polar surface area (TPSA) is 126 Å². The van der Waals surface area contributed by atoms with Gasteiger partial charge < -0.3 is 21.7 Å². The fourth-order valence-corrected chi connectivity index (χ4v) is 3.68. The number of fused-ring (bicyclic) bond motifs is 1. The number of aliphatic imine (C=N–C) groups is 1. The molecule has 2 amide bonds. The Balaban J connectivity index is 2.07. The minimum absolute atomic E-state index is 0.0405. The standard InChI is InChI=1S/C18H34N6O2/c1-10(2)9-12-14-13(15(25)23-18(3,4)5)22-11(16(26)24(12)14)7-6-8-21-17(19)20/h10-14,22H,6-9H2,1-5H3,(H,23,25)(H4,19,20,21). The van der Waals surface area contributed by atoms with Gasteiger partial charge in [-0.2, -0.15) is 0 Å². The molecule has 2 aliphatic rings. The zero-order valence-corrected chi connectivity index (χ0v) is 16.6. The summed E-state index contributed by atoms with van der Waals surface area (Å²) in [6.45, 7) is 10.6. The van der Waals surface area contributed by atoms with Gasteiger partial charge in [0.2, 0.25) is 11.8 Å². The van der Waals surface area contributed by atoms with E-state index in [1.54, 1.807) is 0 Å². The lowest BCUT2D eigenvalue weighted by atomic mass is 9.99. The maximum absolute atomic E-state index is 12.8. The molecule has 0 saturated carbocycles. The van der Waals surface area contributed by atoms with Crippen molar-refractivity contribution in [3.63, 3.8) is 0 Å². The van der Waals surface area contributed by atoms with Crippen LogP contribution in [-0.2, 0) is 9.59 Å². The van der Waals surface area contributed by atoms with E-state index >= 15 is 0 Å². The van der Waals surface area contributed by atoms with Crippen LogP contribution >= 0.6 is 0 Å². The molecule has 26 heavy (non-hydrogen) atoms. The Bertz CT molecular complexity index is 565. The first-order valence-electron chi connectivity index (χ1n) is 9.47. The van der Waals surface area contributed by atoms with Crippen LogP contribution in [0.15, 0.2) is 4.99 Å². The quantitative estimate of drug-likeness (QED) is 0.217. The number of guanidine groups is 1. The van der Waals surface area contributed by atoms with Crippen LogP contribution in [-0.4, -0.2) is 58.9 Å². The highest BCUT2D eigenvalue weighted by atomic mass is 16.2. The number of hydrogen-bond donors (Lipinski definition) is 4. The van der Waals surface area contributed by atoms with Gasteiger partial charge in [0.25, 0.3) is 0 Å². The number of nitrogens with one attached hydrogen (secondary N) is 2. The summed E-state index contributed by atoms with van der Waals surface area (Å²) in [4.78, 5) is 31.4. The van der Waals surface area contributed by atoms with Gasteiger partial charge in [-0.3, -0.25) is 19.9 Å². The molecule has 8 nitrogen and oxygen atoms in total. The summed E-state index contributed by atoms with van der Waals surface area (Å²) in [6.07, 6.45) is 2.20. The number of carbonyl (C=O) groups excluding carboxylic acids is 2. The van der Waals surface area contributed by atoms with Gasteiger partial charge >= 0.3 is 0 Å². The molecule has 0 bridgehead atoms. The lowest BCUT2D eigenvalue weighted by Gasteiger charge is -2.31. The zero-order valence-electron chi connectivity index (χ0n) is 16.6. The molecule has 2 heterocycles. The Hall–Kier alpha value is -1.83. The average molecular weight is 367 g/mol. The number of hydrogen-bond acceptors (Lipinski definition) is 4. The third kappa shape index (κ3) is 5.09. The largest absolute Gasteiger partial charge is 0.370 e. The van der Waals surface area contributed by atoms with Gasteiger partial charge in [0, 0.05) is 12.1 Å². The SMILES string of the molecule is CC(C)CC1C2C(C(=O)NC(C)(C)C)NC(CCCN=C(N)N)C(=O)N12. The molecule has 0 radical (unpaired) electrons. The maximum atomic E-state index is 12.8. The van der Waals surface area contributed by atoms with E-state index in [2.05, 4.69) is 29.5 Å². The van der Waals surface area contributed by atoms with Crippen molar-refractivity contribution in [1.29, 1.82) is 0 Å². The Morgan fingerprint density at radius 2 is 2.00 bits per heavy atom. The lowest BCUT2D eigenvalue weighted by Crippen LogP contribution is -2.61. The van der Waals surface area contributed by atoms with Crippen molar-refractivity contribution in [2.24, 2.45) is 22.4 Å². The fraction of sp³-hybridized carbons (Fsp3) is 0.833. The zero-order chi connectivity index (χ0) is 19.6. The van der Waals surface area contributed by atoms with Crippen molar-refractivity contribution >= 4 is 17.8 Å². The van der Waals surface area contributed by atoms with Crippen LogP contribution in [0.1, 0.15) is 53.9 Å². The van der Waals surface area contributed by atoms with Crippen molar-refractivity contribution in [2.75, 3.05) is 6.54 Å². The van der Waals surface area contributed by atoms with Crippen molar-refractivity contribution in [1.82, 2.24) is 15.5 Å². The van der Waals surface area contributed by atoms with Crippen LogP contribution in [0.5, 0.6) is 0 Å². The number of nitrogens with two attached hydrogens (primary N) is 2. The Labute approximate surface area is 156 Å². The van der Waals surface area contributed by atoms with Crippen molar-refractivity contribution in [3.05, 3.63) is 0 Å². The number of piperazine rings is 1. The van der Waals surface area contributed by atoms with Crippen LogP contribution in [0.2, 0.25) is 0 Å². The molecule has 2 fully saturated rings. The van der Waals surface area contributed by atoms with E-state index in [1.807, 2.05) is 25.7 Å². The molecule has 2 aliphatic heterocycles. The molecule has 4 unspecified atom stereocenters. The number of carbonyl (C=O) groups is 2. The molecular formula is C18H34N6O2. The van der Waals surface area contributed by atoms with Gasteiger partial charge in [-0.25, -0.2) is 0 Å². The molecule has 148 valence electrons. The summed E-state index contributed by atoms with van der Waals surface area (Å²) in [5, 5.41) is 6.34. The highest BCUT2D eigenvalue weighted by molar-refractivity contribution is 5.93. The smallest absolute Gasteiger partial charge is 0.240 e. The second-order valence-electron chi connectivity index (χ2n) is 8.82. The van der Waals surface area contributed by atoms with Gasteiger partial charge in [0.15, 0.2) is 5.96 Å².